The van der Waals surface area contributed by atoms with E-state index in [4.69, 9.17) is 18.6 Å². The zero-order valence-electron chi connectivity index (χ0n) is 19.9. The van der Waals surface area contributed by atoms with Crippen molar-refractivity contribution in [3.05, 3.63) is 102 Å². The van der Waals surface area contributed by atoms with E-state index in [1.165, 1.54) is 12.3 Å². The highest BCUT2D eigenvalue weighted by atomic mass is 16.5. The van der Waals surface area contributed by atoms with E-state index in [0.717, 1.165) is 11.1 Å². The molecule has 0 aliphatic carbocycles. The number of ether oxygens (including phenoxy) is 3. The molecule has 0 saturated heterocycles. The topological polar surface area (TPSA) is 70.8 Å². The van der Waals surface area contributed by atoms with Gasteiger partial charge in [0.2, 0.25) is 5.89 Å². The molecule has 178 valence electrons. The highest BCUT2D eigenvalue weighted by Crippen LogP contribution is 2.33. The van der Waals surface area contributed by atoms with Gasteiger partial charge in [-0.2, -0.15) is 0 Å². The lowest BCUT2D eigenvalue weighted by Gasteiger charge is -2.13. The number of rotatable bonds is 10. The minimum atomic E-state index is -0.185. The Balaban J connectivity index is 1.47. The van der Waals surface area contributed by atoms with Crippen molar-refractivity contribution in [1.29, 1.82) is 0 Å². The lowest BCUT2D eigenvalue weighted by atomic mass is 10.1. The first-order valence-corrected chi connectivity index (χ1v) is 11.3. The van der Waals surface area contributed by atoms with Gasteiger partial charge in [0.1, 0.15) is 24.3 Å². The molecule has 35 heavy (non-hydrogen) atoms. The Morgan fingerprint density at radius 1 is 0.971 bits per heavy atom. The van der Waals surface area contributed by atoms with Crippen molar-refractivity contribution in [2.24, 2.45) is 0 Å². The van der Waals surface area contributed by atoms with Gasteiger partial charge in [0, 0.05) is 5.56 Å². The number of para-hydroxylation sites is 1. The van der Waals surface area contributed by atoms with E-state index in [0.29, 0.717) is 41.0 Å². The third-order valence-electron chi connectivity index (χ3n) is 5.09. The maximum absolute atomic E-state index is 12.9. The standard InChI is InChI=1S/C29H27NO5/c1-20(2)35-28-17-22(13-16-27(28)32-3)29-30-23(19-34-29)14-15-25(31)24-11-7-8-12-26(24)33-18-21-9-5-4-6-10-21/h4-17,19-20H,18H2,1-3H3/b15-14+. The molecule has 0 N–H and O–H groups in total. The van der Waals surface area contributed by atoms with Crippen LogP contribution in [0.2, 0.25) is 0 Å². The van der Waals surface area contributed by atoms with Crippen molar-refractivity contribution in [2.75, 3.05) is 7.11 Å². The number of hydrogen-bond donors (Lipinski definition) is 0. The molecule has 0 atom stereocenters. The van der Waals surface area contributed by atoms with E-state index in [2.05, 4.69) is 4.98 Å². The smallest absolute Gasteiger partial charge is 0.226 e. The number of methoxy groups -OCH3 is 1. The predicted molar refractivity (Wildman–Crippen MR) is 135 cm³/mol. The Hall–Kier alpha value is -4.32. The highest BCUT2D eigenvalue weighted by molar-refractivity contribution is 6.08. The zero-order chi connectivity index (χ0) is 24.6. The molecule has 0 saturated carbocycles. The first-order valence-electron chi connectivity index (χ1n) is 11.3. The van der Waals surface area contributed by atoms with Crippen molar-refractivity contribution in [3.8, 4) is 28.7 Å². The molecule has 0 fully saturated rings. The van der Waals surface area contributed by atoms with Gasteiger partial charge in [0.05, 0.1) is 18.8 Å². The van der Waals surface area contributed by atoms with Gasteiger partial charge in [-0.1, -0.05) is 42.5 Å². The number of benzene rings is 3. The van der Waals surface area contributed by atoms with Crippen LogP contribution in [0.1, 0.15) is 35.5 Å². The van der Waals surface area contributed by atoms with Gasteiger partial charge in [0.15, 0.2) is 17.3 Å². The third kappa shape index (κ3) is 6.18. The molecular formula is C29H27NO5. The van der Waals surface area contributed by atoms with E-state index in [1.54, 1.807) is 25.3 Å². The summed E-state index contributed by atoms with van der Waals surface area (Å²) < 4.78 is 22.7. The van der Waals surface area contributed by atoms with Crippen molar-refractivity contribution in [2.45, 2.75) is 26.6 Å². The summed E-state index contributed by atoms with van der Waals surface area (Å²) in [5.41, 5.74) is 2.78. The van der Waals surface area contributed by atoms with Gasteiger partial charge in [-0.05, 0) is 61.9 Å². The van der Waals surface area contributed by atoms with Crippen LogP contribution in [0.5, 0.6) is 17.2 Å². The van der Waals surface area contributed by atoms with Crippen LogP contribution in [0.25, 0.3) is 17.5 Å². The summed E-state index contributed by atoms with van der Waals surface area (Å²) in [7, 11) is 1.60. The van der Waals surface area contributed by atoms with Gasteiger partial charge in [-0.15, -0.1) is 0 Å². The van der Waals surface area contributed by atoms with E-state index >= 15 is 0 Å². The Kier molecular flexibility index (Phi) is 7.63. The normalized spacial score (nSPS) is 11.1. The molecule has 0 unspecified atom stereocenters. The molecule has 4 aromatic rings. The van der Waals surface area contributed by atoms with Crippen LogP contribution in [0.3, 0.4) is 0 Å². The lowest BCUT2D eigenvalue weighted by molar-refractivity contribution is 0.104. The van der Waals surface area contributed by atoms with Crippen LogP contribution < -0.4 is 14.2 Å². The van der Waals surface area contributed by atoms with Crippen LogP contribution in [0.15, 0.2) is 89.6 Å². The number of ketones is 1. The molecule has 4 rings (SSSR count). The maximum atomic E-state index is 12.9. The number of nitrogens with zero attached hydrogens (tertiary/aromatic N) is 1. The minimum absolute atomic E-state index is 0.00670. The highest BCUT2D eigenvalue weighted by Gasteiger charge is 2.13. The van der Waals surface area contributed by atoms with E-state index in [1.807, 2.05) is 74.5 Å². The summed E-state index contributed by atoms with van der Waals surface area (Å²) in [6, 6.07) is 22.5. The zero-order valence-corrected chi connectivity index (χ0v) is 19.9. The van der Waals surface area contributed by atoms with Crippen LogP contribution in [-0.2, 0) is 6.61 Å². The summed E-state index contributed by atoms with van der Waals surface area (Å²) in [6.07, 6.45) is 4.59. The molecular weight excluding hydrogens is 442 g/mol. The second kappa shape index (κ2) is 11.2. The van der Waals surface area contributed by atoms with E-state index in [9.17, 15) is 4.79 Å². The number of carbonyl (C=O) groups is 1. The molecule has 0 aliphatic heterocycles. The molecule has 6 nitrogen and oxygen atoms in total. The monoisotopic (exact) mass is 469 g/mol. The van der Waals surface area contributed by atoms with Crippen LogP contribution in [0, 0.1) is 0 Å². The summed E-state index contributed by atoms with van der Waals surface area (Å²) in [6.45, 7) is 4.27. The van der Waals surface area contributed by atoms with Gasteiger partial charge in [-0.25, -0.2) is 4.98 Å². The predicted octanol–water partition coefficient (Wildman–Crippen LogP) is 6.61. The number of hydrogen-bond acceptors (Lipinski definition) is 6. The van der Waals surface area contributed by atoms with Crippen LogP contribution in [0.4, 0.5) is 0 Å². The second-order valence-corrected chi connectivity index (χ2v) is 8.08. The molecule has 0 bridgehead atoms. The molecule has 0 amide bonds. The fourth-order valence-electron chi connectivity index (χ4n) is 3.43. The molecule has 0 radical (unpaired) electrons. The average molecular weight is 470 g/mol. The fourth-order valence-corrected chi connectivity index (χ4v) is 3.43. The largest absolute Gasteiger partial charge is 0.493 e. The Bertz CT molecular complexity index is 1310. The van der Waals surface area contributed by atoms with Gasteiger partial charge in [-0.3, -0.25) is 4.79 Å². The first kappa shape index (κ1) is 23.8. The van der Waals surface area contributed by atoms with Crippen LogP contribution >= 0.6 is 0 Å². The van der Waals surface area contributed by atoms with E-state index in [-0.39, 0.29) is 11.9 Å². The molecule has 1 heterocycles. The third-order valence-corrected chi connectivity index (χ3v) is 5.09. The first-order chi connectivity index (χ1) is 17.0. The maximum Gasteiger partial charge on any atom is 0.226 e. The summed E-state index contributed by atoms with van der Waals surface area (Å²) >= 11 is 0. The molecule has 6 heteroatoms. The average Bonchev–Trinajstić information content (AvgIpc) is 3.35. The van der Waals surface area contributed by atoms with Crippen molar-refractivity contribution < 1.29 is 23.4 Å². The molecule has 3 aromatic carbocycles. The lowest BCUT2D eigenvalue weighted by Crippen LogP contribution is -2.06. The van der Waals surface area contributed by atoms with E-state index < -0.39 is 0 Å². The Morgan fingerprint density at radius 2 is 1.74 bits per heavy atom. The van der Waals surface area contributed by atoms with Crippen molar-refractivity contribution in [3.63, 3.8) is 0 Å². The van der Waals surface area contributed by atoms with Gasteiger partial charge in [0.25, 0.3) is 0 Å². The summed E-state index contributed by atoms with van der Waals surface area (Å²) in [4.78, 5) is 17.4. The van der Waals surface area contributed by atoms with Crippen LogP contribution in [-0.4, -0.2) is 24.0 Å². The minimum Gasteiger partial charge on any atom is -0.493 e. The second-order valence-electron chi connectivity index (χ2n) is 8.08. The molecule has 0 spiro atoms. The molecule has 1 aromatic heterocycles. The van der Waals surface area contributed by atoms with Gasteiger partial charge >= 0.3 is 0 Å². The summed E-state index contributed by atoms with van der Waals surface area (Å²) in [5, 5.41) is 0. The van der Waals surface area contributed by atoms with Crippen molar-refractivity contribution >= 4 is 11.9 Å². The number of allylic oxidation sites excluding steroid dienone is 1. The quantitative estimate of drug-likeness (QED) is 0.192. The summed E-state index contributed by atoms with van der Waals surface area (Å²) in [5.74, 6) is 2.00. The number of aromatic nitrogens is 1. The Labute approximate surface area is 204 Å². The van der Waals surface area contributed by atoms with Gasteiger partial charge < -0.3 is 18.6 Å². The SMILES string of the molecule is COc1ccc(-c2nc(/C=C/C(=O)c3ccccc3OCc3ccccc3)co2)cc1OC(C)C. The number of carbonyl (C=O) groups excluding carboxylic acids is 1. The fraction of sp³-hybridized carbons (Fsp3) is 0.172. The molecule has 0 aliphatic rings. The van der Waals surface area contributed by atoms with Crippen molar-refractivity contribution in [1.82, 2.24) is 4.98 Å². The number of oxazole rings is 1. The Morgan fingerprint density at radius 3 is 2.51 bits per heavy atom.